The van der Waals surface area contributed by atoms with Crippen LogP contribution in [0.5, 0.6) is 5.75 Å². The first kappa shape index (κ1) is 11.9. The summed E-state index contributed by atoms with van der Waals surface area (Å²) < 4.78 is 16.6. The summed E-state index contributed by atoms with van der Waals surface area (Å²) >= 11 is 3.33. The molecule has 1 unspecified atom stereocenters. The Kier molecular flexibility index (Phi) is 4.63. The molecule has 0 aromatic heterocycles. The van der Waals surface area contributed by atoms with Crippen molar-refractivity contribution in [3.63, 3.8) is 0 Å². The lowest BCUT2D eigenvalue weighted by Crippen LogP contribution is -2.21. The third-order valence-electron chi connectivity index (χ3n) is 2.39. The van der Waals surface area contributed by atoms with Gasteiger partial charge in [0.15, 0.2) is 0 Å². The van der Waals surface area contributed by atoms with Crippen molar-refractivity contribution in [1.82, 2.24) is 0 Å². The van der Waals surface area contributed by atoms with Gasteiger partial charge in [0.25, 0.3) is 0 Å². The highest BCUT2D eigenvalue weighted by Crippen LogP contribution is 2.24. The molecule has 0 aliphatic carbocycles. The van der Waals surface area contributed by atoms with E-state index in [0.29, 0.717) is 26.4 Å². The summed E-state index contributed by atoms with van der Waals surface area (Å²) in [5.41, 5.74) is 1.12. The van der Waals surface area contributed by atoms with Crippen molar-refractivity contribution in [3.05, 3.63) is 29.8 Å². The van der Waals surface area contributed by atoms with Crippen molar-refractivity contribution in [2.75, 3.05) is 31.8 Å². The minimum absolute atomic E-state index is 0.0428. The van der Waals surface area contributed by atoms with E-state index >= 15 is 0 Å². The summed E-state index contributed by atoms with van der Waals surface area (Å²) in [7, 11) is 0. The van der Waals surface area contributed by atoms with Gasteiger partial charge in [-0.15, -0.1) is 0 Å². The molecule has 1 atom stereocenters. The fourth-order valence-corrected chi connectivity index (χ4v) is 1.80. The number of hydrogen-bond acceptors (Lipinski definition) is 3. The monoisotopic (exact) mass is 286 g/mol. The highest BCUT2D eigenvalue weighted by atomic mass is 79.9. The molecule has 2 rings (SSSR count). The highest BCUT2D eigenvalue weighted by molar-refractivity contribution is 9.09. The van der Waals surface area contributed by atoms with Crippen LogP contribution in [-0.2, 0) is 9.47 Å². The Morgan fingerprint density at radius 1 is 1.38 bits per heavy atom. The standard InChI is InChI=1S/C12H15BrO3/c13-4-5-15-11-3-1-2-10(8-11)12-9-14-6-7-16-12/h1-3,8,12H,4-7,9H2. The van der Waals surface area contributed by atoms with Crippen LogP contribution in [0.15, 0.2) is 24.3 Å². The van der Waals surface area contributed by atoms with E-state index in [0.717, 1.165) is 16.6 Å². The van der Waals surface area contributed by atoms with Gasteiger partial charge in [0, 0.05) is 5.33 Å². The number of benzene rings is 1. The smallest absolute Gasteiger partial charge is 0.119 e. The Bertz CT molecular complexity index is 324. The molecule has 1 aliphatic heterocycles. The zero-order chi connectivity index (χ0) is 11.2. The Morgan fingerprint density at radius 3 is 3.06 bits per heavy atom. The maximum Gasteiger partial charge on any atom is 0.119 e. The summed E-state index contributed by atoms with van der Waals surface area (Å²) in [5, 5.41) is 0.834. The van der Waals surface area contributed by atoms with Gasteiger partial charge in [-0.25, -0.2) is 0 Å². The Morgan fingerprint density at radius 2 is 2.31 bits per heavy atom. The zero-order valence-electron chi connectivity index (χ0n) is 9.02. The Hall–Kier alpha value is -0.580. The van der Waals surface area contributed by atoms with Gasteiger partial charge in [-0.05, 0) is 17.7 Å². The molecule has 1 aliphatic rings. The zero-order valence-corrected chi connectivity index (χ0v) is 10.6. The van der Waals surface area contributed by atoms with E-state index < -0.39 is 0 Å². The first-order chi connectivity index (χ1) is 7.90. The minimum Gasteiger partial charge on any atom is -0.493 e. The molecule has 88 valence electrons. The van der Waals surface area contributed by atoms with Crippen LogP contribution in [0.1, 0.15) is 11.7 Å². The van der Waals surface area contributed by atoms with Gasteiger partial charge in [0.05, 0.1) is 26.4 Å². The van der Waals surface area contributed by atoms with Crippen LogP contribution < -0.4 is 4.74 Å². The van der Waals surface area contributed by atoms with Crippen molar-refractivity contribution in [3.8, 4) is 5.75 Å². The van der Waals surface area contributed by atoms with E-state index in [1.165, 1.54) is 0 Å². The van der Waals surface area contributed by atoms with Gasteiger partial charge >= 0.3 is 0 Å². The van der Waals surface area contributed by atoms with Crippen LogP contribution in [0.4, 0.5) is 0 Å². The van der Waals surface area contributed by atoms with Crippen molar-refractivity contribution in [1.29, 1.82) is 0 Å². The van der Waals surface area contributed by atoms with Crippen LogP contribution in [0.3, 0.4) is 0 Å². The Balaban J connectivity index is 2.02. The second kappa shape index (κ2) is 6.23. The number of ether oxygens (including phenoxy) is 3. The average Bonchev–Trinajstić information content (AvgIpc) is 2.38. The van der Waals surface area contributed by atoms with E-state index in [4.69, 9.17) is 14.2 Å². The van der Waals surface area contributed by atoms with Gasteiger partial charge < -0.3 is 14.2 Å². The minimum atomic E-state index is 0.0428. The maximum absolute atomic E-state index is 5.63. The SMILES string of the molecule is BrCCOc1cccc(C2COCCO2)c1. The van der Waals surface area contributed by atoms with E-state index in [-0.39, 0.29) is 6.10 Å². The molecule has 1 saturated heterocycles. The largest absolute Gasteiger partial charge is 0.493 e. The van der Waals surface area contributed by atoms with E-state index in [1.807, 2.05) is 24.3 Å². The molecule has 4 heteroatoms. The van der Waals surface area contributed by atoms with Crippen LogP contribution in [0.2, 0.25) is 0 Å². The lowest BCUT2D eigenvalue weighted by molar-refractivity contribution is -0.0902. The lowest BCUT2D eigenvalue weighted by atomic mass is 10.1. The molecule has 1 fully saturated rings. The summed E-state index contributed by atoms with van der Waals surface area (Å²) in [6.07, 6.45) is 0.0428. The predicted molar refractivity (Wildman–Crippen MR) is 65.2 cm³/mol. The molecular formula is C12H15BrO3. The molecule has 0 saturated carbocycles. The topological polar surface area (TPSA) is 27.7 Å². The first-order valence-corrected chi connectivity index (χ1v) is 6.50. The summed E-state index contributed by atoms with van der Waals surface area (Å²) in [6.45, 7) is 2.65. The number of alkyl halides is 1. The van der Waals surface area contributed by atoms with Crippen LogP contribution >= 0.6 is 15.9 Å². The molecule has 0 spiro atoms. The van der Waals surface area contributed by atoms with Gasteiger partial charge in [-0.2, -0.15) is 0 Å². The van der Waals surface area contributed by atoms with Crippen molar-refractivity contribution in [2.24, 2.45) is 0 Å². The molecule has 3 nitrogen and oxygen atoms in total. The van der Waals surface area contributed by atoms with Crippen molar-refractivity contribution >= 4 is 15.9 Å². The summed E-state index contributed by atoms with van der Waals surface area (Å²) in [5.74, 6) is 0.881. The Labute approximate surface area is 104 Å². The van der Waals surface area contributed by atoms with Gasteiger partial charge in [0.1, 0.15) is 11.9 Å². The summed E-state index contributed by atoms with van der Waals surface area (Å²) in [6, 6.07) is 8.00. The van der Waals surface area contributed by atoms with E-state index in [1.54, 1.807) is 0 Å². The van der Waals surface area contributed by atoms with Gasteiger partial charge in [0.2, 0.25) is 0 Å². The van der Waals surface area contributed by atoms with Crippen molar-refractivity contribution < 1.29 is 14.2 Å². The number of hydrogen-bond donors (Lipinski definition) is 0. The van der Waals surface area contributed by atoms with Crippen LogP contribution in [0, 0.1) is 0 Å². The second-order valence-electron chi connectivity index (χ2n) is 3.54. The maximum atomic E-state index is 5.63. The molecule has 1 aromatic rings. The molecule has 0 N–H and O–H groups in total. The van der Waals surface area contributed by atoms with E-state index in [2.05, 4.69) is 15.9 Å². The molecule has 16 heavy (non-hydrogen) atoms. The molecular weight excluding hydrogens is 272 g/mol. The van der Waals surface area contributed by atoms with Crippen LogP contribution in [-0.4, -0.2) is 31.8 Å². The third kappa shape index (κ3) is 3.20. The molecule has 0 radical (unpaired) electrons. The highest BCUT2D eigenvalue weighted by Gasteiger charge is 2.16. The van der Waals surface area contributed by atoms with Crippen LogP contribution in [0.25, 0.3) is 0 Å². The molecule has 1 heterocycles. The number of rotatable bonds is 4. The predicted octanol–water partition coefficient (Wildman–Crippen LogP) is 2.55. The second-order valence-corrected chi connectivity index (χ2v) is 4.34. The fourth-order valence-electron chi connectivity index (χ4n) is 1.64. The molecule has 1 aromatic carbocycles. The normalized spacial score (nSPS) is 20.7. The van der Waals surface area contributed by atoms with Gasteiger partial charge in [-0.1, -0.05) is 28.1 Å². The van der Waals surface area contributed by atoms with Crippen molar-refractivity contribution in [2.45, 2.75) is 6.10 Å². The quantitative estimate of drug-likeness (QED) is 0.797. The third-order valence-corrected chi connectivity index (χ3v) is 2.72. The van der Waals surface area contributed by atoms with E-state index in [9.17, 15) is 0 Å². The average molecular weight is 287 g/mol. The molecule has 0 bridgehead atoms. The summed E-state index contributed by atoms with van der Waals surface area (Å²) in [4.78, 5) is 0. The first-order valence-electron chi connectivity index (χ1n) is 5.38. The van der Waals surface area contributed by atoms with Gasteiger partial charge in [-0.3, -0.25) is 0 Å². The molecule has 0 amide bonds. The fraction of sp³-hybridized carbons (Fsp3) is 0.500. The number of halogens is 1. The lowest BCUT2D eigenvalue weighted by Gasteiger charge is -2.23.